The Balaban J connectivity index is 2.58. The van der Waals surface area contributed by atoms with Crippen molar-refractivity contribution in [1.29, 1.82) is 0 Å². The van der Waals surface area contributed by atoms with E-state index in [9.17, 15) is 18.0 Å². The summed E-state index contributed by atoms with van der Waals surface area (Å²) in [6, 6.07) is 2.05. The van der Waals surface area contributed by atoms with E-state index < -0.39 is 18.1 Å². The van der Waals surface area contributed by atoms with Crippen molar-refractivity contribution in [3.05, 3.63) is 23.2 Å². The van der Waals surface area contributed by atoms with Crippen LogP contribution in [0.15, 0.2) is 17.6 Å². The molecule has 1 N–H and O–H groups in total. The number of nitrogens with zero attached hydrogens (tertiary/aromatic N) is 1. The summed E-state index contributed by atoms with van der Waals surface area (Å²) in [4.78, 5) is 14.4. The van der Waals surface area contributed by atoms with Gasteiger partial charge in [0.05, 0.1) is 15.8 Å². The van der Waals surface area contributed by atoms with E-state index in [0.29, 0.717) is 4.70 Å². The predicted octanol–water partition coefficient (Wildman–Crippen LogP) is 2.89. The Hall–Kier alpha value is -1.83. The van der Waals surface area contributed by atoms with E-state index in [1.807, 2.05) is 0 Å². The number of alkyl halides is 3. The molecule has 0 unspecified atom stereocenters. The van der Waals surface area contributed by atoms with Gasteiger partial charge < -0.3 is 9.84 Å². The second-order valence-corrected chi connectivity index (χ2v) is 3.91. The third kappa shape index (κ3) is 2.47. The lowest BCUT2D eigenvalue weighted by Crippen LogP contribution is -2.17. The highest BCUT2D eigenvalue weighted by Gasteiger charge is 2.32. The van der Waals surface area contributed by atoms with Gasteiger partial charge in [0.2, 0.25) is 0 Å². The number of hydrogen-bond donors (Lipinski definition) is 1. The minimum absolute atomic E-state index is 0.00248. The van der Waals surface area contributed by atoms with Crippen molar-refractivity contribution in [2.45, 2.75) is 6.36 Å². The molecule has 8 heteroatoms. The van der Waals surface area contributed by atoms with Gasteiger partial charge in [0.25, 0.3) is 0 Å². The number of aromatic nitrogens is 1. The molecule has 0 aliphatic heterocycles. The van der Waals surface area contributed by atoms with Crippen molar-refractivity contribution >= 4 is 27.5 Å². The van der Waals surface area contributed by atoms with Crippen LogP contribution in [-0.4, -0.2) is 22.4 Å². The molecule has 1 aromatic heterocycles. The first-order valence-corrected chi connectivity index (χ1v) is 5.11. The topological polar surface area (TPSA) is 59.4 Å². The van der Waals surface area contributed by atoms with Crippen LogP contribution >= 0.6 is 11.3 Å². The van der Waals surface area contributed by atoms with Crippen LogP contribution < -0.4 is 4.74 Å². The summed E-state index contributed by atoms with van der Waals surface area (Å²) >= 11 is 1.04. The van der Waals surface area contributed by atoms with Gasteiger partial charge in [-0.05, 0) is 12.1 Å². The van der Waals surface area contributed by atoms with Gasteiger partial charge in [-0.2, -0.15) is 0 Å². The normalized spacial score (nSPS) is 11.7. The van der Waals surface area contributed by atoms with Crippen molar-refractivity contribution in [3.63, 3.8) is 0 Å². The molecule has 0 aliphatic carbocycles. The molecule has 90 valence electrons. The summed E-state index contributed by atoms with van der Waals surface area (Å²) in [5, 5.41) is 8.75. The third-order valence-electron chi connectivity index (χ3n) is 1.87. The number of ether oxygens (including phenoxy) is 1. The number of hydrogen-bond acceptors (Lipinski definition) is 4. The minimum atomic E-state index is -4.88. The first kappa shape index (κ1) is 11.6. The Morgan fingerprint density at radius 1 is 1.41 bits per heavy atom. The summed E-state index contributed by atoms with van der Waals surface area (Å²) in [5.41, 5.74) is 1.04. The number of fused-ring (bicyclic) bond motifs is 1. The fourth-order valence-electron chi connectivity index (χ4n) is 1.26. The van der Waals surface area contributed by atoms with Crippen LogP contribution in [0.3, 0.4) is 0 Å². The molecular weight excluding hydrogens is 259 g/mol. The number of carbonyl (C=O) groups is 1. The maximum Gasteiger partial charge on any atom is 0.573 e. The molecule has 1 aromatic carbocycles. The van der Waals surface area contributed by atoms with E-state index in [1.165, 1.54) is 11.6 Å². The quantitative estimate of drug-likeness (QED) is 0.905. The Morgan fingerprint density at radius 3 is 2.71 bits per heavy atom. The molecule has 2 aromatic rings. The number of thiazole rings is 1. The van der Waals surface area contributed by atoms with Crippen LogP contribution in [0.4, 0.5) is 13.2 Å². The molecule has 0 spiro atoms. The summed E-state index contributed by atoms with van der Waals surface area (Å²) in [6.45, 7) is 0. The van der Waals surface area contributed by atoms with Gasteiger partial charge in [-0.3, -0.25) is 0 Å². The lowest BCUT2D eigenvalue weighted by atomic mass is 10.2. The van der Waals surface area contributed by atoms with E-state index in [-0.39, 0.29) is 11.1 Å². The van der Waals surface area contributed by atoms with Gasteiger partial charge in [-0.1, -0.05) is 0 Å². The largest absolute Gasteiger partial charge is 0.573 e. The second kappa shape index (κ2) is 3.88. The molecule has 0 radical (unpaired) electrons. The third-order valence-corrected chi connectivity index (χ3v) is 2.65. The monoisotopic (exact) mass is 263 g/mol. The molecule has 0 bridgehead atoms. The molecule has 1 heterocycles. The van der Waals surface area contributed by atoms with Gasteiger partial charge >= 0.3 is 12.3 Å². The van der Waals surface area contributed by atoms with Gasteiger partial charge in [0.1, 0.15) is 5.52 Å². The highest BCUT2D eigenvalue weighted by atomic mass is 32.1. The van der Waals surface area contributed by atoms with Crippen LogP contribution in [0, 0.1) is 0 Å². The van der Waals surface area contributed by atoms with E-state index in [4.69, 9.17) is 5.11 Å². The van der Waals surface area contributed by atoms with Gasteiger partial charge in [-0.15, -0.1) is 24.5 Å². The van der Waals surface area contributed by atoms with E-state index in [0.717, 1.165) is 17.4 Å². The summed E-state index contributed by atoms with van der Waals surface area (Å²) in [7, 11) is 0. The molecule has 2 rings (SSSR count). The number of carboxylic acids is 1. The zero-order valence-corrected chi connectivity index (χ0v) is 8.80. The van der Waals surface area contributed by atoms with Crippen molar-refractivity contribution in [2.75, 3.05) is 0 Å². The van der Waals surface area contributed by atoms with Crippen LogP contribution in [-0.2, 0) is 0 Å². The summed E-state index contributed by atoms with van der Waals surface area (Å²) in [6.07, 6.45) is -4.88. The predicted molar refractivity (Wildman–Crippen MR) is 53.3 cm³/mol. The van der Waals surface area contributed by atoms with E-state index in [1.54, 1.807) is 0 Å². The highest BCUT2D eigenvalue weighted by Crippen LogP contribution is 2.33. The number of carboxylic acid groups (broad SMARTS) is 1. The molecular formula is C9H4F3NO3S. The fraction of sp³-hybridized carbons (Fsp3) is 0.111. The van der Waals surface area contributed by atoms with Crippen LogP contribution in [0.1, 0.15) is 10.4 Å². The lowest BCUT2D eigenvalue weighted by Gasteiger charge is -2.09. The summed E-state index contributed by atoms with van der Waals surface area (Å²) < 4.78 is 40.4. The molecule has 0 saturated carbocycles. The van der Waals surface area contributed by atoms with E-state index >= 15 is 0 Å². The standard InChI is InChI=1S/C9H4F3NO3S/c10-9(11,12)16-5-1-4(8(14)15)2-6-7(5)13-3-17-6/h1-3H,(H,14,15). The summed E-state index contributed by atoms with van der Waals surface area (Å²) in [5.74, 6) is -1.93. The van der Waals surface area contributed by atoms with Gasteiger partial charge in [-0.25, -0.2) is 9.78 Å². The minimum Gasteiger partial charge on any atom is -0.478 e. The number of aromatic carboxylic acids is 1. The van der Waals surface area contributed by atoms with Crippen LogP contribution in [0.5, 0.6) is 5.75 Å². The van der Waals surface area contributed by atoms with Crippen molar-refractivity contribution < 1.29 is 27.8 Å². The van der Waals surface area contributed by atoms with Crippen LogP contribution in [0.2, 0.25) is 0 Å². The van der Waals surface area contributed by atoms with Crippen molar-refractivity contribution in [1.82, 2.24) is 4.98 Å². The Kier molecular flexibility index (Phi) is 2.66. The second-order valence-electron chi connectivity index (χ2n) is 3.03. The Morgan fingerprint density at radius 2 is 2.12 bits per heavy atom. The lowest BCUT2D eigenvalue weighted by molar-refractivity contribution is -0.274. The SMILES string of the molecule is O=C(O)c1cc(OC(F)(F)F)c2ncsc2c1. The Labute approximate surface area is 96.3 Å². The molecule has 0 atom stereocenters. The Bertz CT molecular complexity index is 578. The number of benzene rings is 1. The smallest absolute Gasteiger partial charge is 0.478 e. The average molecular weight is 263 g/mol. The molecule has 0 fully saturated rings. The number of halogens is 3. The molecule has 4 nitrogen and oxygen atoms in total. The van der Waals surface area contributed by atoms with Gasteiger partial charge in [0.15, 0.2) is 5.75 Å². The molecule has 0 saturated heterocycles. The highest BCUT2D eigenvalue weighted by molar-refractivity contribution is 7.16. The maximum absolute atomic E-state index is 12.1. The maximum atomic E-state index is 12.1. The van der Waals surface area contributed by atoms with Crippen LogP contribution in [0.25, 0.3) is 10.2 Å². The molecule has 17 heavy (non-hydrogen) atoms. The number of rotatable bonds is 2. The zero-order valence-electron chi connectivity index (χ0n) is 7.99. The van der Waals surface area contributed by atoms with E-state index in [2.05, 4.69) is 9.72 Å². The molecule has 0 amide bonds. The molecule has 0 aliphatic rings. The first-order valence-electron chi connectivity index (χ1n) is 4.23. The average Bonchev–Trinajstić information content (AvgIpc) is 2.62. The van der Waals surface area contributed by atoms with Crippen molar-refractivity contribution in [2.24, 2.45) is 0 Å². The zero-order chi connectivity index (χ0) is 12.6. The first-order chi connectivity index (χ1) is 7.87. The van der Waals surface area contributed by atoms with Gasteiger partial charge in [0, 0.05) is 0 Å². The van der Waals surface area contributed by atoms with Crippen molar-refractivity contribution in [3.8, 4) is 5.75 Å². The fourth-order valence-corrected chi connectivity index (χ4v) is 1.99.